The maximum absolute atomic E-state index is 12.5. The van der Waals surface area contributed by atoms with Crippen molar-refractivity contribution < 1.29 is 19.2 Å². The van der Waals surface area contributed by atoms with E-state index in [1.807, 2.05) is 4.90 Å². The van der Waals surface area contributed by atoms with Gasteiger partial charge in [-0.05, 0) is 12.8 Å². The number of nitrogens with zero attached hydrogens (tertiary/aromatic N) is 4. The van der Waals surface area contributed by atoms with E-state index in [0.29, 0.717) is 26.2 Å². The molecule has 0 aromatic heterocycles. The first-order valence-electron chi connectivity index (χ1n) is 9.09. The molecule has 1 aliphatic carbocycles. The minimum absolute atomic E-state index is 0.0236. The van der Waals surface area contributed by atoms with Gasteiger partial charge in [0.2, 0.25) is 11.8 Å². The van der Waals surface area contributed by atoms with Crippen molar-refractivity contribution in [2.45, 2.75) is 32.1 Å². The molecule has 3 fully saturated rings. The summed E-state index contributed by atoms with van der Waals surface area (Å²) in [6.07, 6.45) is 5.42. The highest BCUT2D eigenvalue weighted by atomic mass is 16.2. The average Bonchev–Trinajstić information content (AvgIpc) is 2.88. The zero-order valence-corrected chi connectivity index (χ0v) is 14.8. The van der Waals surface area contributed by atoms with E-state index < -0.39 is 6.03 Å². The lowest BCUT2D eigenvalue weighted by molar-refractivity contribution is -0.143. The number of carbonyl (C=O) groups excluding carboxylic acids is 4. The minimum Gasteiger partial charge on any atom is -0.339 e. The molecule has 2 saturated heterocycles. The summed E-state index contributed by atoms with van der Waals surface area (Å²) in [4.78, 5) is 54.4. The largest absolute Gasteiger partial charge is 0.339 e. The van der Waals surface area contributed by atoms with E-state index in [-0.39, 0.29) is 36.7 Å². The van der Waals surface area contributed by atoms with Gasteiger partial charge in [0, 0.05) is 39.1 Å². The molecule has 0 bridgehead atoms. The minimum atomic E-state index is -0.426. The highest BCUT2D eigenvalue weighted by Gasteiger charge is 2.36. The fraction of sp³-hybridized carbons (Fsp3) is 0.765. The molecule has 8 heteroatoms. The normalized spacial score (nSPS) is 22.8. The lowest BCUT2D eigenvalue weighted by Crippen LogP contribution is -2.54. The van der Waals surface area contributed by atoms with Crippen LogP contribution in [-0.4, -0.2) is 89.7 Å². The second-order valence-electron chi connectivity index (χ2n) is 7.16. The van der Waals surface area contributed by atoms with Crippen LogP contribution in [0.2, 0.25) is 0 Å². The number of likely N-dealkylation sites (N-methyl/N-ethyl adjacent to an activating group) is 1. The molecule has 0 radical (unpaired) electrons. The van der Waals surface area contributed by atoms with Gasteiger partial charge in [0.25, 0.3) is 5.91 Å². The SMILES string of the molecule is CN1CC(=O)N(CC(=O)N2CCN(C(=O)C3CCCCC3)CC2)C1=O. The molecule has 0 aromatic rings. The molecule has 25 heavy (non-hydrogen) atoms. The first-order valence-corrected chi connectivity index (χ1v) is 9.09. The van der Waals surface area contributed by atoms with E-state index in [1.165, 1.54) is 11.3 Å². The Labute approximate surface area is 147 Å². The van der Waals surface area contributed by atoms with Crippen molar-refractivity contribution in [3.63, 3.8) is 0 Å². The standard InChI is InChI=1S/C17H26N4O4/c1-18-11-15(23)21(17(18)25)12-14(22)19-7-9-20(10-8-19)16(24)13-5-3-2-4-6-13/h13H,2-12H2,1H3. The molecule has 2 aliphatic heterocycles. The fourth-order valence-corrected chi connectivity index (χ4v) is 3.84. The number of urea groups is 1. The van der Waals surface area contributed by atoms with Crippen molar-refractivity contribution in [1.29, 1.82) is 0 Å². The number of hydrogen-bond acceptors (Lipinski definition) is 4. The van der Waals surface area contributed by atoms with Gasteiger partial charge in [-0.25, -0.2) is 4.79 Å². The molecule has 0 spiro atoms. The molecule has 0 unspecified atom stereocenters. The van der Waals surface area contributed by atoms with Crippen molar-refractivity contribution >= 4 is 23.8 Å². The first kappa shape index (κ1) is 17.7. The van der Waals surface area contributed by atoms with Crippen LogP contribution in [0, 0.1) is 5.92 Å². The van der Waals surface area contributed by atoms with E-state index >= 15 is 0 Å². The second kappa shape index (κ2) is 7.41. The Morgan fingerprint density at radius 2 is 1.56 bits per heavy atom. The van der Waals surface area contributed by atoms with Crippen LogP contribution in [0.3, 0.4) is 0 Å². The molecule has 3 rings (SSSR count). The fourth-order valence-electron chi connectivity index (χ4n) is 3.84. The van der Waals surface area contributed by atoms with Gasteiger partial charge >= 0.3 is 6.03 Å². The third-order valence-corrected chi connectivity index (χ3v) is 5.42. The van der Waals surface area contributed by atoms with Crippen molar-refractivity contribution in [3.05, 3.63) is 0 Å². The van der Waals surface area contributed by atoms with Crippen LogP contribution >= 0.6 is 0 Å². The van der Waals surface area contributed by atoms with Gasteiger partial charge in [-0.1, -0.05) is 19.3 Å². The first-order chi connectivity index (χ1) is 12.0. The molecule has 8 nitrogen and oxygen atoms in total. The summed E-state index contributed by atoms with van der Waals surface area (Å²) in [5.41, 5.74) is 0. The van der Waals surface area contributed by atoms with E-state index in [4.69, 9.17) is 0 Å². The molecule has 0 atom stereocenters. The van der Waals surface area contributed by atoms with Gasteiger partial charge in [0.1, 0.15) is 13.1 Å². The smallest absolute Gasteiger partial charge is 0.327 e. The summed E-state index contributed by atoms with van der Waals surface area (Å²) in [6.45, 7) is 1.80. The van der Waals surface area contributed by atoms with E-state index in [9.17, 15) is 19.2 Å². The number of rotatable bonds is 3. The van der Waals surface area contributed by atoms with Crippen molar-refractivity contribution in [2.24, 2.45) is 5.92 Å². The monoisotopic (exact) mass is 350 g/mol. The lowest BCUT2D eigenvalue weighted by Gasteiger charge is -2.37. The summed E-state index contributed by atoms with van der Waals surface area (Å²) in [5, 5.41) is 0. The highest BCUT2D eigenvalue weighted by Crippen LogP contribution is 2.25. The number of piperazine rings is 1. The zero-order chi connectivity index (χ0) is 18.0. The third-order valence-electron chi connectivity index (χ3n) is 5.42. The van der Waals surface area contributed by atoms with Gasteiger partial charge in [0.15, 0.2) is 0 Å². The summed E-state index contributed by atoms with van der Waals surface area (Å²) in [5.74, 6) is -0.210. The van der Waals surface area contributed by atoms with Gasteiger partial charge in [0.05, 0.1) is 0 Å². The summed E-state index contributed by atoms with van der Waals surface area (Å²) >= 11 is 0. The summed E-state index contributed by atoms with van der Waals surface area (Å²) in [6, 6.07) is -0.426. The van der Waals surface area contributed by atoms with Crippen LogP contribution in [0.15, 0.2) is 0 Å². The quantitative estimate of drug-likeness (QED) is 0.678. The van der Waals surface area contributed by atoms with E-state index in [2.05, 4.69) is 0 Å². The molecular weight excluding hydrogens is 324 g/mol. The molecule has 138 valence electrons. The Kier molecular flexibility index (Phi) is 5.24. The van der Waals surface area contributed by atoms with E-state index in [0.717, 1.165) is 30.6 Å². The number of amides is 5. The van der Waals surface area contributed by atoms with Crippen LogP contribution in [0.4, 0.5) is 4.79 Å². The molecule has 3 aliphatic rings. The van der Waals surface area contributed by atoms with Crippen LogP contribution in [-0.2, 0) is 14.4 Å². The highest BCUT2D eigenvalue weighted by molar-refractivity contribution is 6.04. The Morgan fingerprint density at radius 1 is 0.960 bits per heavy atom. The van der Waals surface area contributed by atoms with Crippen molar-refractivity contribution in [2.75, 3.05) is 46.3 Å². The van der Waals surface area contributed by atoms with Gasteiger partial charge < -0.3 is 14.7 Å². The summed E-state index contributed by atoms with van der Waals surface area (Å²) < 4.78 is 0. The Hall–Kier alpha value is -2.12. The summed E-state index contributed by atoms with van der Waals surface area (Å²) in [7, 11) is 1.54. The number of hydrogen-bond donors (Lipinski definition) is 0. The van der Waals surface area contributed by atoms with Crippen LogP contribution < -0.4 is 0 Å². The number of imide groups is 1. The Bertz CT molecular complexity index is 565. The third kappa shape index (κ3) is 3.77. The second-order valence-corrected chi connectivity index (χ2v) is 7.16. The van der Waals surface area contributed by atoms with Crippen LogP contribution in [0.1, 0.15) is 32.1 Å². The van der Waals surface area contributed by atoms with Gasteiger partial charge in [-0.3, -0.25) is 19.3 Å². The molecule has 5 amide bonds. The zero-order valence-electron chi connectivity index (χ0n) is 14.8. The molecular formula is C17H26N4O4. The Balaban J connectivity index is 1.48. The van der Waals surface area contributed by atoms with Crippen LogP contribution in [0.25, 0.3) is 0 Å². The predicted octanol–water partition coefficient (Wildman–Crippen LogP) is 0.132. The average molecular weight is 350 g/mol. The molecule has 0 N–H and O–H groups in total. The molecule has 0 aromatic carbocycles. The maximum Gasteiger partial charge on any atom is 0.327 e. The Morgan fingerprint density at radius 3 is 2.12 bits per heavy atom. The topological polar surface area (TPSA) is 81.2 Å². The van der Waals surface area contributed by atoms with E-state index in [1.54, 1.807) is 11.9 Å². The lowest BCUT2D eigenvalue weighted by atomic mass is 9.88. The molecule has 2 heterocycles. The van der Waals surface area contributed by atoms with Crippen molar-refractivity contribution in [3.8, 4) is 0 Å². The van der Waals surface area contributed by atoms with Crippen molar-refractivity contribution in [1.82, 2.24) is 19.6 Å². The van der Waals surface area contributed by atoms with Gasteiger partial charge in [-0.15, -0.1) is 0 Å². The van der Waals surface area contributed by atoms with Gasteiger partial charge in [-0.2, -0.15) is 0 Å². The number of carbonyl (C=O) groups is 4. The molecule has 1 saturated carbocycles. The van der Waals surface area contributed by atoms with Crippen LogP contribution in [0.5, 0.6) is 0 Å². The predicted molar refractivity (Wildman–Crippen MR) is 89.5 cm³/mol. The maximum atomic E-state index is 12.5.